The summed E-state index contributed by atoms with van der Waals surface area (Å²) in [7, 11) is 0. The molecule has 5 heteroatoms. The number of hydrogen-bond acceptors (Lipinski definition) is 5. The van der Waals surface area contributed by atoms with Crippen LogP contribution < -0.4 is 0 Å². The van der Waals surface area contributed by atoms with E-state index in [1.54, 1.807) is 6.92 Å². The smallest absolute Gasteiger partial charge is 0.334 e. The third kappa shape index (κ3) is 5.48. The van der Waals surface area contributed by atoms with Crippen LogP contribution in [0.4, 0.5) is 0 Å². The van der Waals surface area contributed by atoms with Gasteiger partial charge in [0.05, 0.1) is 12.3 Å². The van der Waals surface area contributed by atoms with Gasteiger partial charge in [-0.3, -0.25) is 4.79 Å². The highest BCUT2D eigenvalue weighted by Crippen LogP contribution is 2.42. The van der Waals surface area contributed by atoms with E-state index in [0.717, 1.165) is 25.7 Å². The predicted molar refractivity (Wildman–Crippen MR) is 90.0 cm³/mol. The number of unbranched alkanes of at least 4 members (excludes halogenated alkanes) is 2. The maximum atomic E-state index is 12.5. The first-order valence-corrected chi connectivity index (χ1v) is 8.66. The Morgan fingerprint density at radius 3 is 2.78 bits per heavy atom. The van der Waals surface area contributed by atoms with E-state index < -0.39 is 5.41 Å². The molecule has 0 aliphatic heterocycles. The van der Waals surface area contributed by atoms with E-state index in [2.05, 4.69) is 11.7 Å². The highest BCUT2D eigenvalue weighted by Gasteiger charge is 2.48. The summed E-state index contributed by atoms with van der Waals surface area (Å²) in [6, 6.07) is 0. The monoisotopic (exact) mass is 323 g/mol. The lowest BCUT2D eigenvalue weighted by Gasteiger charge is -2.27. The molecule has 130 valence electrons. The Morgan fingerprint density at radius 2 is 2.13 bits per heavy atom. The van der Waals surface area contributed by atoms with E-state index in [0.29, 0.717) is 44.4 Å². The fraction of sp³-hybridized carbons (Fsp3) is 0.722. The third-order valence-electron chi connectivity index (χ3n) is 4.21. The number of hydrogen-bond donors (Lipinski definition) is 0. The molecule has 1 aliphatic rings. The molecule has 1 aliphatic carbocycles. The molecule has 1 fully saturated rings. The van der Waals surface area contributed by atoms with Crippen LogP contribution in [0.15, 0.2) is 17.8 Å². The zero-order valence-electron chi connectivity index (χ0n) is 14.4. The molecule has 0 bridgehead atoms. The van der Waals surface area contributed by atoms with Gasteiger partial charge in [0, 0.05) is 6.42 Å². The first-order valence-electron chi connectivity index (χ1n) is 8.66. The second-order valence-electron chi connectivity index (χ2n) is 5.94. The average Bonchev–Trinajstić information content (AvgIpc) is 2.94. The molecule has 0 N–H and O–H groups in total. The van der Waals surface area contributed by atoms with Crippen molar-refractivity contribution in [2.24, 2.45) is 10.6 Å². The molecule has 0 amide bonds. The van der Waals surface area contributed by atoms with Crippen molar-refractivity contribution < 1.29 is 19.2 Å². The average molecular weight is 323 g/mol. The van der Waals surface area contributed by atoms with Crippen molar-refractivity contribution in [1.82, 2.24) is 0 Å². The lowest BCUT2D eigenvalue weighted by molar-refractivity contribution is -0.152. The van der Waals surface area contributed by atoms with E-state index in [1.807, 2.05) is 13.0 Å². The lowest BCUT2D eigenvalue weighted by atomic mass is 9.79. The van der Waals surface area contributed by atoms with Gasteiger partial charge >= 0.3 is 11.9 Å². The number of allylic oxidation sites excluding steroid dienone is 1. The molecule has 0 saturated heterocycles. The Hall–Kier alpha value is -1.65. The van der Waals surface area contributed by atoms with E-state index in [1.165, 1.54) is 0 Å². The van der Waals surface area contributed by atoms with Gasteiger partial charge < -0.3 is 9.57 Å². The van der Waals surface area contributed by atoms with Gasteiger partial charge in [0.2, 0.25) is 0 Å². The van der Waals surface area contributed by atoms with Crippen LogP contribution in [0.5, 0.6) is 0 Å². The molecule has 0 aromatic carbocycles. The highest BCUT2D eigenvalue weighted by atomic mass is 16.7. The summed E-state index contributed by atoms with van der Waals surface area (Å²) in [5.74, 6) is -0.585. The standard InChI is InChI=1S/C18H29NO4/c1-4-7-8-9-13-18(17(21)22-6-3)14-10-12-15(18)19-23-16(20)11-5-2/h4H,1,5-14H2,2-3H3/b19-15-/t18-/m1/s1. The molecule has 0 radical (unpaired) electrons. The Labute approximate surface area is 139 Å². The van der Waals surface area contributed by atoms with Gasteiger partial charge in [0.25, 0.3) is 0 Å². The Kier molecular flexibility index (Phi) is 8.59. The predicted octanol–water partition coefficient (Wildman–Crippen LogP) is 4.17. The first-order chi connectivity index (χ1) is 11.1. The first kappa shape index (κ1) is 19.4. The Balaban J connectivity index is 2.86. The van der Waals surface area contributed by atoms with Gasteiger partial charge in [-0.25, -0.2) is 4.79 Å². The van der Waals surface area contributed by atoms with Crippen molar-refractivity contribution >= 4 is 17.7 Å². The van der Waals surface area contributed by atoms with Crippen molar-refractivity contribution in [2.45, 2.75) is 71.6 Å². The largest absolute Gasteiger partial charge is 0.465 e. The number of carbonyl (C=O) groups is 2. The Bertz CT molecular complexity index is 444. The SMILES string of the molecule is C=CCCCC[C@@]1(C(=O)OCC)CCC/C1=N/OC(=O)CCC. The maximum absolute atomic E-state index is 12.5. The zero-order valence-corrected chi connectivity index (χ0v) is 14.4. The molecule has 1 saturated carbocycles. The van der Waals surface area contributed by atoms with Crippen LogP contribution in [0.3, 0.4) is 0 Å². The van der Waals surface area contributed by atoms with Crippen LogP contribution in [-0.4, -0.2) is 24.3 Å². The van der Waals surface area contributed by atoms with Gasteiger partial charge in [0.1, 0.15) is 5.41 Å². The quantitative estimate of drug-likeness (QED) is 0.199. The van der Waals surface area contributed by atoms with Gasteiger partial charge in [-0.1, -0.05) is 24.6 Å². The summed E-state index contributed by atoms with van der Waals surface area (Å²) in [6.45, 7) is 7.77. The molecule has 23 heavy (non-hydrogen) atoms. The molecule has 0 unspecified atom stereocenters. The van der Waals surface area contributed by atoms with E-state index >= 15 is 0 Å². The van der Waals surface area contributed by atoms with Crippen LogP contribution in [0.2, 0.25) is 0 Å². The molecule has 1 atom stereocenters. The summed E-state index contributed by atoms with van der Waals surface area (Å²) in [6.07, 6.45) is 8.68. The van der Waals surface area contributed by atoms with Crippen LogP contribution in [-0.2, 0) is 19.2 Å². The number of nitrogens with zero attached hydrogens (tertiary/aromatic N) is 1. The summed E-state index contributed by atoms with van der Waals surface area (Å²) in [5, 5.41) is 4.04. The molecular weight excluding hydrogens is 294 g/mol. The summed E-state index contributed by atoms with van der Waals surface area (Å²) >= 11 is 0. The summed E-state index contributed by atoms with van der Waals surface area (Å²) in [4.78, 5) is 29.1. The maximum Gasteiger partial charge on any atom is 0.334 e. The van der Waals surface area contributed by atoms with Crippen LogP contribution in [0, 0.1) is 5.41 Å². The molecular formula is C18H29NO4. The topological polar surface area (TPSA) is 65.0 Å². The van der Waals surface area contributed by atoms with Crippen molar-refractivity contribution in [2.75, 3.05) is 6.61 Å². The van der Waals surface area contributed by atoms with Crippen LogP contribution >= 0.6 is 0 Å². The third-order valence-corrected chi connectivity index (χ3v) is 4.21. The fourth-order valence-corrected chi connectivity index (χ4v) is 3.01. The zero-order chi connectivity index (χ0) is 17.1. The van der Waals surface area contributed by atoms with Crippen LogP contribution in [0.25, 0.3) is 0 Å². The number of esters is 1. The molecule has 0 aromatic rings. The summed E-state index contributed by atoms with van der Waals surface area (Å²) < 4.78 is 5.29. The van der Waals surface area contributed by atoms with E-state index in [-0.39, 0.29) is 11.9 Å². The number of oxime groups is 1. The van der Waals surface area contributed by atoms with Crippen molar-refractivity contribution in [3.8, 4) is 0 Å². The number of carbonyl (C=O) groups excluding carboxylic acids is 2. The molecule has 0 spiro atoms. The lowest BCUT2D eigenvalue weighted by Crippen LogP contribution is -2.37. The minimum atomic E-state index is -0.719. The minimum absolute atomic E-state index is 0.235. The molecule has 0 heterocycles. The van der Waals surface area contributed by atoms with Crippen molar-refractivity contribution in [3.05, 3.63) is 12.7 Å². The van der Waals surface area contributed by atoms with E-state index in [9.17, 15) is 9.59 Å². The van der Waals surface area contributed by atoms with Crippen LogP contribution in [0.1, 0.15) is 71.6 Å². The number of rotatable bonds is 10. The van der Waals surface area contributed by atoms with Gasteiger partial charge in [-0.05, 0) is 51.9 Å². The molecule has 0 aromatic heterocycles. The normalized spacial score (nSPS) is 22.1. The fourth-order valence-electron chi connectivity index (χ4n) is 3.01. The number of ether oxygens (including phenoxy) is 1. The minimum Gasteiger partial charge on any atom is -0.465 e. The van der Waals surface area contributed by atoms with Gasteiger partial charge in [0.15, 0.2) is 0 Å². The van der Waals surface area contributed by atoms with Gasteiger partial charge in [-0.15, -0.1) is 6.58 Å². The summed E-state index contributed by atoms with van der Waals surface area (Å²) in [5.41, 5.74) is -0.0528. The highest BCUT2D eigenvalue weighted by molar-refractivity contribution is 6.08. The van der Waals surface area contributed by atoms with Crippen molar-refractivity contribution in [1.29, 1.82) is 0 Å². The molecule has 1 rings (SSSR count). The second kappa shape index (κ2) is 10.2. The molecule has 5 nitrogen and oxygen atoms in total. The Morgan fingerprint density at radius 1 is 1.35 bits per heavy atom. The van der Waals surface area contributed by atoms with E-state index in [4.69, 9.17) is 9.57 Å². The second-order valence-corrected chi connectivity index (χ2v) is 5.94. The van der Waals surface area contributed by atoms with Gasteiger partial charge in [-0.2, -0.15) is 0 Å². The van der Waals surface area contributed by atoms with Crippen molar-refractivity contribution in [3.63, 3.8) is 0 Å².